The van der Waals surface area contributed by atoms with Crippen LogP contribution in [0.3, 0.4) is 0 Å². The third-order valence-corrected chi connectivity index (χ3v) is 6.17. The number of anilines is 2. The number of hydrogen-bond acceptors (Lipinski definition) is 5. The second-order valence-corrected chi connectivity index (χ2v) is 11.4. The highest BCUT2D eigenvalue weighted by atomic mass is 19.4. The molecule has 2 aromatic carbocycles. The molecule has 218 valence electrons. The maximum Gasteiger partial charge on any atom is 0.416 e. The van der Waals surface area contributed by atoms with E-state index >= 15 is 0 Å². The predicted octanol–water partition coefficient (Wildman–Crippen LogP) is 7.41. The van der Waals surface area contributed by atoms with Crippen LogP contribution in [-0.2, 0) is 32.3 Å². The standard InChI is InChI=1S/C31H34F3N3O4/c1-19(2)14-24-16-21(12-13-35-24)20-8-7-9-22(15-20)30(6,18-38)27(39)36-26-17-23(31(32,33)34)10-11-25(26)37-28(40)41-29(3,4)5/h7-13,15-19H,14H2,1-6H3,(H,36,39)(H,37,40). The third-order valence-electron chi connectivity index (χ3n) is 6.17. The first kappa shape index (κ1) is 31.3. The van der Waals surface area contributed by atoms with Crippen molar-refractivity contribution in [1.82, 2.24) is 4.98 Å². The Hall–Kier alpha value is -4.21. The molecule has 10 heteroatoms. The van der Waals surface area contributed by atoms with Gasteiger partial charge in [0.1, 0.15) is 17.3 Å². The first-order valence-corrected chi connectivity index (χ1v) is 13.1. The zero-order valence-corrected chi connectivity index (χ0v) is 23.8. The van der Waals surface area contributed by atoms with Gasteiger partial charge in [0.2, 0.25) is 5.91 Å². The quantitative estimate of drug-likeness (QED) is 0.218. The van der Waals surface area contributed by atoms with E-state index in [-0.39, 0.29) is 11.4 Å². The second kappa shape index (κ2) is 12.1. The van der Waals surface area contributed by atoms with Crippen molar-refractivity contribution in [3.05, 3.63) is 77.6 Å². The van der Waals surface area contributed by atoms with Gasteiger partial charge in [0.05, 0.1) is 16.9 Å². The van der Waals surface area contributed by atoms with Crippen LogP contribution in [0.4, 0.5) is 29.3 Å². The van der Waals surface area contributed by atoms with Crippen LogP contribution in [0.15, 0.2) is 60.8 Å². The highest BCUT2D eigenvalue weighted by molar-refractivity contribution is 6.11. The molecule has 1 heterocycles. The van der Waals surface area contributed by atoms with Crippen LogP contribution in [0.1, 0.15) is 58.4 Å². The number of aldehydes is 1. The van der Waals surface area contributed by atoms with Crippen molar-refractivity contribution in [1.29, 1.82) is 0 Å². The molecule has 7 nitrogen and oxygen atoms in total. The maximum atomic E-state index is 13.5. The molecular weight excluding hydrogens is 535 g/mol. The van der Waals surface area contributed by atoms with Crippen LogP contribution in [-0.4, -0.2) is 28.9 Å². The van der Waals surface area contributed by atoms with Crippen LogP contribution in [0, 0.1) is 5.92 Å². The average Bonchev–Trinajstić information content (AvgIpc) is 2.87. The number of nitrogens with zero attached hydrogens (tertiary/aromatic N) is 1. The van der Waals surface area contributed by atoms with Crippen LogP contribution >= 0.6 is 0 Å². The number of carbonyl (C=O) groups is 3. The van der Waals surface area contributed by atoms with E-state index < -0.39 is 34.8 Å². The number of halogens is 3. The van der Waals surface area contributed by atoms with E-state index in [1.807, 2.05) is 18.2 Å². The van der Waals surface area contributed by atoms with Gasteiger partial charge in [0.25, 0.3) is 0 Å². The first-order valence-electron chi connectivity index (χ1n) is 13.1. The maximum absolute atomic E-state index is 13.5. The summed E-state index contributed by atoms with van der Waals surface area (Å²) in [7, 11) is 0. The van der Waals surface area contributed by atoms with Crippen molar-refractivity contribution in [2.24, 2.45) is 5.92 Å². The van der Waals surface area contributed by atoms with E-state index in [4.69, 9.17) is 4.74 Å². The minimum atomic E-state index is -4.72. The highest BCUT2D eigenvalue weighted by Crippen LogP contribution is 2.36. The summed E-state index contributed by atoms with van der Waals surface area (Å²) in [6.07, 6.45) is -2.73. The molecule has 0 spiro atoms. The highest BCUT2D eigenvalue weighted by Gasteiger charge is 2.37. The predicted molar refractivity (Wildman–Crippen MR) is 152 cm³/mol. The second-order valence-electron chi connectivity index (χ2n) is 11.4. The van der Waals surface area contributed by atoms with E-state index in [1.54, 1.807) is 45.2 Å². The van der Waals surface area contributed by atoms with Crippen molar-refractivity contribution in [3.8, 4) is 11.1 Å². The molecule has 2 amide bonds. The number of aromatic nitrogens is 1. The molecule has 0 saturated heterocycles. The molecule has 1 aromatic heterocycles. The molecule has 41 heavy (non-hydrogen) atoms. The van der Waals surface area contributed by atoms with Gasteiger partial charge in [0, 0.05) is 11.9 Å². The number of hydrogen-bond donors (Lipinski definition) is 2. The van der Waals surface area contributed by atoms with Crippen LogP contribution < -0.4 is 10.6 Å². The Kier molecular flexibility index (Phi) is 9.26. The van der Waals surface area contributed by atoms with Crippen molar-refractivity contribution in [2.75, 3.05) is 10.6 Å². The third kappa shape index (κ3) is 8.15. The molecule has 1 unspecified atom stereocenters. The average molecular weight is 570 g/mol. The normalized spacial score (nSPS) is 13.3. The number of pyridine rings is 1. The number of alkyl halides is 3. The van der Waals surface area contributed by atoms with Gasteiger partial charge in [-0.1, -0.05) is 32.0 Å². The number of ether oxygens (including phenoxy) is 1. The molecule has 3 aromatic rings. The Morgan fingerprint density at radius 3 is 2.20 bits per heavy atom. The molecule has 0 aliphatic rings. The first-order chi connectivity index (χ1) is 19.0. The van der Waals surface area contributed by atoms with Crippen molar-refractivity contribution >= 4 is 29.7 Å². The largest absolute Gasteiger partial charge is 0.444 e. The molecule has 0 radical (unpaired) electrons. The van der Waals surface area contributed by atoms with Gasteiger partial charge < -0.3 is 14.8 Å². The minimum Gasteiger partial charge on any atom is -0.444 e. The van der Waals surface area contributed by atoms with Crippen LogP contribution in [0.25, 0.3) is 11.1 Å². The van der Waals surface area contributed by atoms with E-state index in [0.717, 1.165) is 35.4 Å². The lowest BCUT2D eigenvalue weighted by Gasteiger charge is -2.25. The summed E-state index contributed by atoms with van der Waals surface area (Å²) < 4.78 is 45.7. The molecule has 0 aliphatic heterocycles. The van der Waals surface area contributed by atoms with Crippen LogP contribution in [0.2, 0.25) is 0 Å². The lowest BCUT2D eigenvalue weighted by molar-refractivity contribution is -0.137. The fraction of sp³-hybridized carbons (Fsp3) is 0.355. The molecule has 0 aliphatic carbocycles. The molecule has 0 saturated carbocycles. The molecule has 0 fully saturated rings. The van der Waals surface area contributed by atoms with E-state index in [2.05, 4.69) is 29.5 Å². The summed E-state index contributed by atoms with van der Waals surface area (Å²) in [6.45, 7) is 10.4. The zero-order chi connectivity index (χ0) is 30.6. The summed E-state index contributed by atoms with van der Waals surface area (Å²) in [5, 5.41) is 4.79. The van der Waals surface area contributed by atoms with E-state index in [1.165, 1.54) is 6.92 Å². The summed E-state index contributed by atoms with van der Waals surface area (Å²) in [5.41, 5.74) is -1.36. The van der Waals surface area contributed by atoms with Gasteiger partial charge in [-0.2, -0.15) is 13.2 Å². The lowest BCUT2D eigenvalue weighted by Crippen LogP contribution is -2.39. The van der Waals surface area contributed by atoms with E-state index in [9.17, 15) is 27.6 Å². The number of nitrogens with one attached hydrogen (secondary N) is 2. The summed E-state index contributed by atoms with van der Waals surface area (Å²) >= 11 is 0. The number of benzene rings is 2. The summed E-state index contributed by atoms with van der Waals surface area (Å²) in [5.74, 6) is -0.483. The van der Waals surface area contributed by atoms with Gasteiger partial charge in [-0.25, -0.2) is 4.79 Å². The number of carbonyl (C=O) groups excluding carboxylic acids is 3. The SMILES string of the molecule is CC(C)Cc1cc(-c2cccc(C(C)(C=O)C(=O)Nc3cc(C(F)(F)F)ccc3NC(=O)OC(C)(C)C)c2)ccn1. The van der Waals surface area contributed by atoms with Gasteiger partial charge in [0.15, 0.2) is 0 Å². The Morgan fingerprint density at radius 2 is 1.59 bits per heavy atom. The summed E-state index contributed by atoms with van der Waals surface area (Å²) in [6, 6.07) is 13.0. The Labute approximate surface area is 237 Å². The number of rotatable bonds is 8. The van der Waals surface area contributed by atoms with Gasteiger partial charge in [-0.15, -0.1) is 0 Å². The zero-order valence-electron chi connectivity index (χ0n) is 23.8. The molecule has 3 rings (SSSR count). The molecule has 0 bridgehead atoms. The molecular formula is C31H34F3N3O4. The van der Waals surface area contributed by atoms with E-state index in [0.29, 0.717) is 23.8 Å². The minimum absolute atomic E-state index is 0.128. The Balaban J connectivity index is 1.98. The van der Waals surface area contributed by atoms with Crippen molar-refractivity contribution in [3.63, 3.8) is 0 Å². The fourth-order valence-electron chi connectivity index (χ4n) is 4.06. The Bertz CT molecular complexity index is 1430. The van der Waals surface area contributed by atoms with Crippen molar-refractivity contribution in [2.45, 2.75) is 65.2 Å². The Morgan fingerprint density at radius 1 is 0.902 bits per heavy atom. The topological polar surface area (TPSA) is 97.4 Å². The van der Waals surface area contributed by atoms with Gasteiger partial charge in [-0.3, -0.25) is 15.1 Å². The fourth-order valence-corrected chi connectivity index (χ4v) is 4.06. The summed E-state index contributed by atoms with van der Waals surface area (Å²) in [4.78, 5) is 42.7. The molecule has 1 atom stereocenters. The number of amides is 2. The van der Waals surface area contributed by atoms with Crippen LogP contribution in [0.5, 0.6) is 0 Å². The monoisotopic (exact) mass is 569 g/mol. The smallest absolute Gasteiger partial charge is 0.416 e. The van der Waals surface area contributed by atoms with Crippen molar-refractivity contribution < 1.29 is 32.3 Å². The molecule has 2 N–H and O–H groups in total. The van der Waals surface area contributed by atoms with Gasteiger partial charge >= 0.3 is 12.3 Å². The lowest BCUT2D eigenvalue weighted by atomic mass is 9.81. The van der Waals surface area contributed by atoms with Gasteiger partial charge in [-0.05, 0) is 93.1 Å².